The number of carbonyl (C=O) groups is 2. The monoisotopic (exact) mass is 333 g/mol. The Bertz CT molecular complexity index is 729. The van der Waals surface area contributed by atoms with Crippen LogP contribution in [-0.4, -0.2) is 31.1 Å². The highest BCUT2D eigenvalue weighted by Crippen LogP contribution is 2.33. The zero-order valence-electron chi connectivity index (χ0n) is 13.3. The van der Waals surface area contributed by atoms with Crippen molar-refractivity contribution in [2.45, 2.75) is 13.8 Å². The number of hydrogen-bond acceptors (Lipinski definition) is 5. The number of pyridine rings is 1. The second kappa shape index (κ2) is 6.79. The molecule has 120 valence electrons. The van der Waals surface area contributed by atoms with Gasteiger partial charge in [0.05, 0.1) is 36.7 Å². The fourth-order valence-electron chi connectivity index (χ4n) is 2.46. The van der Waals surface area contributed by atoms with Gasteiger partial charge in [-0.2, -0.15) is 0 Å². The smallest absolute Gasteiger partial charge is 0.340 e. The molecule has 0 N–H and O–H groups in total. The van der Waals surface area contributed by atoms with Crippen molar-refractivity contribution in [2.75, 3.05) is 14.2 Å². The average Bonchev–Trinajstić information content (AvgIpc) is 2.53. The molecule has 0 aliphatic rings. The third kappa shape index (κ3) is 3.19. The highest BCUT2D eigenvalue weighted by Gasteiger charge is 2.27. The van der Waals surface area contributed by atoms with Crippen LogP contribution in [0, 0.1) is 13.8 Å². The highest BCUT2D eigenvalue weighted by atomic mass is 35.5. The normalized spacial score (nSPS) is 10.3. The fourth-order valence-corrected chi connectivity index (χ4v) is 2.59. The van der Waals surface area contributed by atoms with E-state index in [0.717, 1.165) is 0 Å². The van der Waals surface area contributed by atoms with Crippen molar-refractivity contribution in [3.05, 3.63) is 51.8 Å². The van der Waals surface area contributed by atoms with Crippen molar-refractivity contribution >= 4 is 23.5 Å². The predicted octanol–water partition coefficient (Wildman–Crippen LogP) is 3.59. The van der Waals surface area contributed by atoms with Crippen molar-refractivity contribution < 1.29 is 19.1 Å². The van der Waals surface area contributed by atoms with E-state index < -0.39 is 11.9 Å². The van der Waals surface area contributed by atoms with E-state index in [1.54, 1.807) is 38.1 Å². The first-order valence-electron chi connectivity index (χ1n) is 6.84. The minimum atomic E-state index is -0.565. The quantitative estimate of drug-likeness (QED) is 0.803. The predicted molar refractivity (Wildman–Crippen MR) is 86.8 cm³/mol. The fraction of sp³-hybridized carbons (Fsp3) is 0.235. The minimum Gasteiger partial charge on any atom is -0.465 e. The number of rotatable bonds is 3. The van der Waals surface area contributed by atoms with Crippen molar-refractivity contribution in [3.63, 3.8) is 0 Å². The van der Waals surface area contributed by atoms with Crippen LogP contribution in [0.5, 0.6) is 0 Å². The zero-order chi connectivity index (χ0) is 17.1. The lowest BCUT2D eigenvalue weighted by Crippen LogP contribution is -2.16. The van der Waals surface area contributed by atoms with Gasteiger partial charge in [0.25, 0.3) is 0 Å². The average molecular weight is 334 g/mol. The summed E-state index contributed by atoms with van der Waals surface area (Å²) in [5.41, 5.74) is 2.52. The standard InChI is InChI=1S/C17H16ClNO4/c1-9-13(16(20)22-3)15(11-5-7-12(18)8-6-11)14(10(2)19-9)17(21)23-4/h5-8H,1-4H3. The second-order valence-corrected chi connectivity index (χ2v) is 5.33. The number of carbonyl (C=O) groups excluding carboxylic acids is 2. The van der Waals surface area contributed by atoms with Crippen molar-refractivity contribution in [1.82, 2.24) is 4.98 Å². The minimum absolute atomic E-state index is 0.237. The largest absolute Gasteiger partial charge is 0.465 e. The van der Waals surface area contributed by atoms with Crippen LogP contribution in [-0.2, 0) is 9.47 Å². The van der Waals surface area contributed by atoms with Gasteiger partial charge in [-0.3, -0.25) is 4.98 Å². The first-order chi connectivity index (χ1) is 10.9. The summed E-state index contributed by atoms with van der Waals surface area (Å²) in [5.74, 6) is -1.13. The number of esters is 2. The van der Waals surface area contributed by atoms with Crippen LogP contribution in [0.15, 0.2) is 24.3 Å². The number of methoxy groups -OCH3 is 2. The molecule has 0 aliphatic heterocycles. The van der Waals surface area contributed by atoms with Gasteiger partial charge >= 0.3 is 11.9 Å². The van der Waals surface area contributed by atoms with E-state index in [1.807, 2.05) is 0 Å². The topological polar surface area (TPSA) is 65.5 Å². The maximum atomic E-state index is 12.2. The molecule has 0 aliphatic carbocycles. The molecule has 0 saturated heterocycles. The molecule has 0 bridgehead atoms. The molecule has 0 fully saturated rings. The van der Waals surface area contributed by atoms with E-state index in [2.05, 4.69) is 4.98 Å². The van der Waals surface area contributed by atoms with Crippen molar-refractivity contribution in [1.29, 1.82) is 0 Å². The number of ether oxygens (including phenoxy) is 2. The second-order valence-electron chi connectivity index (χ2n) is 4.90. The number of aryl methyl sites for hydroxylation is 2. The lowest BCUT2D eigenvalue weighted by molar-refractivity contribution is 0.0599. The summed E-state index contributed by atoms with van der Waals surface area (Å²) in [6, 6.07) is 6.83. The van der Waals surface area contributed by atoms with Gasteiger partial charge < -0.3 is 9.47 Å². The van der Waals surface area contributed by atoms with Crippen LogP contribution in [0.1, 0.15) is 32.1 Å². The number of nitrogens with zero attached hydrogens (tertiary/aromatic N) is 1. The van der Waals surface area contributed by atoms with Gasteiger partial charge in [-0.1, -0.05) is 23.7 Å². The molecule has 1 heterocycles. The van der Waals surface area contributed by atoms with Crippen LogP contribution in [0.4, 0.5) is 0 Å². The summed E-state index contributed by atoms with van der Waals surface area (Å²) < 4.78 is 9.71. The molecule has 6 heteroatoms. The van der Waals surface area contributed by atoms with Gasteiger partial charge in [-0.15, -0.1) is 0 Å². The van der Waals surface area contributed by atoms with Crippen LogP contribution in [0.25, 0.3) is 11.1 Å². The first-order valence-corrected chi connectivity index (χ1v) is 7.22. The molecule has 0 unspecified atom stereocenters. The Labute approximate surface area is 139 Å². The molecule has 0 radical (unpaired) electrons. The summed E-state index contributed by atoms with van der Waals surface area (Å²) >= 11 is 5.93. The molecular weight excluding hydrogens is 318 g/mol. The SMILES string of the molecule is COC(=O)c1c(C)nc(C)c(C(=O)OC)c1-c1ccc(Cl)cc1. The zero-order valence-corrected chi connectivity index (χ0v) is 14.0. The van der Waals surface area contributed by atoms with Gasteiger partial charge in [0, 0.05) is 10.6 Å². The lowest BCUT2D eigenvalue weighted by Gasteiger charge is -2.16. The summed E-state index contributed by atoms with van der Waals surface area (Å²) in [4.78, 5) is 28.7. The Hall–Kier alpha value is -2.40. The lowest BCUT2D eigenvalue weighted by atomic mass is 9.92. The molecule has 1 aromatic heterocycles. The van der Waals surface area contributed by atoms with E-state index >= 15 is 0 Å². The molecule has 5 nitrogen and oxygen atoms in total. The molecule has 23 heavy (non-hydrogen) atoms. The van der Waals surface area contributed by atoms with Gasteiger partial charge in [-0.05, 0) is 31.5 Å². The third-order valence-electron chi connectivity index (χ3n) is 3.47. The van der Waals surface area contributed by atoms with E-state index in [1.165, 1.54) is 14.2 Å². The van der Waals surface area contributed by atoms with Gasteiger partial charge in [0.2, 0.25) is 0 Å². The molecule has 0 spiro atoms. The molecule has 0 amide bonds. The summed E-state index contributed by atoms with van der Waals surface area (Å²) in [6.07, 6.45) is 0. The summed E-state index contributed by atoms with van der Waals surface area (Å²) in [5, 5.41) is 0.551. The van der Waals surface area contributed by atoms with E-state index in [0.29, 0.717) is 27.5 Å². The van der Waals surface area contributed by atoms with Crippen LogP contribution in [0.3, 0.4) is 0 Å². The number of benzene rings is 1. The van der Waals surface area contributed by atoms with Crippen molar-refractivity contribution in [2.24, 2.45) is 0 Å². The molecule has 0 saturated carbocycles. The maximum absolute atomic E-state index is 12.2. The Kier molecular flexibility index (Phi) is 5.01. The Balaban J connectivity index is 2.90. The van der Waals surface area contributed by atoms with Gasteiger partial charge in [0.1, 0.15) is 0 Å². The Morgan fingerprint density at radius 3 is 1.74 bits per heavy atom. The number of halogens is 1. The van der Waals surface area contributed by atoms with Crippen LogP contribution >= 0.6 is 11.6 Å². The Morgan fingerprint density at radius 2 is 1.35 bits per heavy atom. The maximum Gasteiger partial charge on any atom is 0.340 e. The molecule has 2 rings (SSSR count). The van der Waals surface area contributed by atoms with E-state index in [-0.39, 0.29) is 11.1 Å². The van der Waals surface area contributed by atoms with Crippen molar-refractivity contribution in [3.8, 4) is 11.1 Å². The molecule has 0 atom stereocenters. The van der Waals surface area contributed by atoms with E-state index in [4.69, 9.17) is 21.1 Å². The van der Waals surface area contributed by atoms with E-state index in [9.17, 15) is 9.59 Å². The number of hydrogen-bond donors (Lipinski definition) is 0. The van der Waals surface area contributed by atoms with Gasteiger partial charge in [-0.25, -0.2) is 9.59 Å². The van der Waals surface area contributed by atoms with Crippen LogP contribution in [0.2, 0.25) is 5.02 Å². The summed E-state index contributed by atoms with van der Waals surface area (Å²) in [6.45, 7) is 3.39. The Morgan fingerprint density at radius 1 is 0.913 bits per heavy atom. The van der Waals surface area contributed by atoms with Crippen LogP contribution < -0.4 is 0 Å². The molecule has 2 aromatic rings. The highest BCUT2D eigenvalue weighted by molar-refractivity contribution is 6.30. The summed E-state index contributed by atoms with van der Waals surface area (Å²) in [7, 11) is 2.57. The molecular formula is C17H16ClNO4. The van der Waals surface area contributed by atoms with Gasteiger partial charge in [0.15, 0.2) is 0 Å². The molecule has 1 aromatic carbocycles. The first kappa shape index (κ1) is 17.0. The third-order valence-corrected chi connectivity index (χ3v) is 3.72. The number of aromatic nitrogens is 1.